The number of imidazole rings is 1. The highest BCUT2D eigenvalue weighted by Gasteiger charge is 2.23. The molecule has 3 aromatic rings. The molecule has 0 radical (unpaired) electrons. The van der Waals surface area contributed by atoms with Crippen LogP contribution in [0.25, 0.3) is 11.3 Å². The number of aromatic nitrogens is 2. The molecule has 2 aromatic carbocycles. The molecule has 0 aliphatic rings. The van der Waals surface area contributed by atoms with E-state index in [1.165, 1.54) is 18.5 Å². The van der Waals surface area contributed by atoms with E-state index in [4.69, 9.17) is 0 Å². The van der Waals surface area contributed by atoms with Gasteiger partial charge in [-0.25, -0.2) is 14.6 Å². The Morgan fingerprint density at radius 2 is 1.54 bits per heavy atom. The number of hydrogen-bond acceptors (Lipinski definition) is 4. The molecule has 26 heavy (non-hydrogen) atoms. The Kier molecular flexibility index (Phi) is 5.03. The molecule has 0 N–H and O–H groups in total. The third-order valence-corrected chi connectivity index (χ3v) is 3.70. The van der Waals surface area contributed by atoms with Crippen molar-refractivity contribution >= 4 is 24.0 Å². The first kappa shape index (κ1) is 17.3. The van der Waals surface area contributed by atoms with Crippen LogP contribution in [0.1, 0.15) is 19.4 Å². The third-order valence-electron chi connectivity index (χ3n) is 3.70. The molecule has 0 fully saturated rings. The van der Waals surface area contributed by atoms with Crippen molar-refractivity contribution in [3.8, 4) is 11.3 Å². The number of nitrogens with zero attached hydrogens (tertiary/aromatic N) is 4. The van der Waals surface area contributed by atoms with Gasteiger partial charge in [0.15, 0.2) is 0 Å². The number of carbonyl (C=O) groups excluding carboxylic acids is 2. The first-order chi connectivity index (χ1) is 12.6. The van der Waals surface area contributed by atoms with Gasteiger partial charge in [0.1, 0.15) is 0 Å². The monoisotopic (exact) mass is 346 g/mol. The van der Waals surface area contributed by atoms with Crippen LogP contribution in [0.4, 0.5) is 5.95 Å². The van der Waals surface area contributed by atoms with Gasteiger partial charge in [-0.3, -0.25) is 9.59 Å². The lowest BCUT2D eigenvalue weighted by atomic mass is 10.2. The molecule has 0 saturated heterocycles. The van der Waals surface area contributed by atoms with Gasteiger partial charge < -0.3 is 0 Å². The lowest BCUT2D eigenvalue weighted by molar-refractivity contribution is -0.124. The van der Waals surface area contributed by atoms with Crippen LogP contribution in [0.5, 0.6) is 0 Å². The fourth-order valence-corrected chi connectivity index (χ4v) is 2.52. The summed E-state index contributed by atoms with van der Waals surface area (Å²) >= 11 is 0. The van der Waals surface area contributed by atoms with Crippen LogP contribution in [0, 0.1) is 0 Å². The highest BCUT2D eigenvalue weighted by atomic mass is 16.2. The Hall–Kier alpha value is -3.54. The Morgan fingerprint density at radius 3 is 2.12 bits per heavy atom. The Labute approximate surface area is 151 Å². The van der Waals surface area contributed by atoms with E-state index in [1.807, 2.05) is 60.7 Å². The molecule has 6 nitrogen and oxygen atoms in total. The molecule has 6 heteroatoms. The number of carbonyl (C=O) groups is 2. The summed E-state index contributed by atoms with van der Waals surface area (Å²) in [5.74, 6) is -0.672. The summed E-state index contributed by atoms with van der Waals surface area (Å²) in [5.41, 5.74) is 2.39. The molecule has 0 saturated carbocycles. The maximum atomic E-state index is 12.0. The van der Waals surface area contributed by atoms with Crippen molar-refractivity contribution in [1.82, 2.24) is 9.66 Å². The van der Waals surface area contributed by atoms with Gasteiger partial charge in [0.2, 0.25) is 17.8 Å². The number of benzene rings is 2. The molecular weight excluding hydrogens is 328 g/mol. The molecule has 0 atom stereocenters. The molecule has 0 aliphatic carbocycles. The summed E-state index contributed by atoms with van der Waals surface area (Å²) in [6.07, 6.45) is 3.35. The minimum atomic E-state index is -0.418. The summed E-state index contributed by atoms with van der Waals surface area (Å²) < 4.78 is 1.44. The molecule has 0 bridgehead atoms. The number of anilines is 1. The largest absolute Gasteiger partial charge is 0.274 e. The van der Waals surface area contributed by atoms with Crippen LogP contribution < -0.4 is 4.90 Å². The van der Waals surface area contributed by atoms with Crippen LogP contribution in [0.3, 0.4) is 0 Å². The average Bonchev–Trinajstić information content (AvgIpc) is 3.05. The lowest BCUT2D eigenvalue weighted by Crippen LogP contribution is -2.35. The third kappa shape index (κ3) is 3.75. The highest BCUT2D eigenvalue weighted by molar-refractivity contribution is 6.12. The highest BCUT2D eigenvalue weighted by Crippen LogP contribution is 2.23. The maximum Gasteiger partial charge on any atom is 0.241 e. The second-order valence-electron chi connectivity index (χ2n) is 5.67. The van der Waals surface area contributed by atoms with E-state index in [0.717, 1.165) is 16.0 Å². The van der Waals surface area contributed by atoms with Crippen molar-refractivity contribution < 1.29 is 9.59 Å². The minimum Gasteiger partial charge on any atom is -0.274 e. The zero-order chi connectivity index (χ0) is 18.5. The predicted octanol–water partition coefficient (Wildman–Crippen LogP) is 3.33. The number of imide groups is 1. The number of rotatable bonds is 4. The van der Waals surface area contributed by atoms with Gasteiger partial charge >= 0.3 is 0 Å². The van der Waals surface area contributed by atoms with E-state index in [2.05, 4.69) is 10.1 Å². The van der Waals surface area contributed by atoms with E-state index < -0.39 is 11.8 Å². The zero-order valence-electron chi connectivity index (χ0n) is 14.5. The van der Waals surface area contributed by atoms with E-state index in [1.54, 1.807) is 12.4 Å². The summed E-state index contributed by atoms with van der Waals surface area (Å²) in [6.45, 7) is 2.65. The van der Waals surface area contributed by atoms with Crippen LogP contribution in [-0.2, 0) is 9.59 Å². The van der Waals surface area contributed by atoms with Crippen molar-refractivity contribution in [2.24, 2.45) is 5.10 Å². The smallest absolute Gasteiger partial charge is 0.241 e. The van der Waals surface area contributed by atoms with Crippen LogP contribution in [0.2, 0.25) is 0 Å². The molecule has 0 spiro atoms. The van der Waals surface area contributed by atoms with Crippen molar-refractivity contribution in [1.29, 1.82) is 0 Å². The fraction of sp³-hybridized carbons (Fsp3) is 0.100. The van der Waals surface area contributed by atoms with Gasteiger partial charge in [0.05, 0.1) is 18.1 Å². The van der Waals surface area contributed by atoms with Gasteiger partial charge in [-0.15, -0.1) is 0 Å². The van der Waals surface area contributed by atoms with Gasteiger partial charge in [-0.2, -0.15) is 5.10 Å². The second kappa shape index (κ2) is 7.57. The predicted molar refractivity (Wildman–Crippen MR) is 101 cm³/mol. The van der Waals surface area contributed by atoms with Gasteiger partial charge in [0, 0.05) is 19.4 Å². The molecular formula is C20H18N4O2. The van der Waals surface area contributed by atoms with Crippen molar-refractivity contribution in [3.05, 3.63) is 72.4 Å². The van der Waals surface area contributed by atoms with E-state index >= 15 is 0 Å². The average molecular weight is 346 g/mol. The fourth-order valence-electron chi connectivity index (χ4n) is 2.52. The standard InChI is InChI=1S/C20H18N4O2/c1-15(25)24(16(2)26)20-22-19(18-11-7-4-8-12-18)14-23(20)21-13-17-9-5-3-6-10-17/h3-14H,1-2H3/b21-13-. The van der Waals surface area contributed by atoms with Crippen LogP contribution >= 0.6 is 0 Å². The summed E-state index contributed by atoms with van der Waals surface area (Å²) in [6, 6.07) is 19.1. The quantitative estimate of drug-likeness (QED) is 0.681. The molecule has 1 aromatic heterocycles. The van der Waals surface area contributed by atoms with Crippen molar-refractivity contribution in [2.75, 3.05) is 4.90 Å². The second-order valence-corrected chi connectivity index (χ2v) is 5.67. The minimum absolute atomic E-state index is 0.163. The van der Waals surface area contributed by atoms with Gasteiger partial charge in [0.25, 0.3) is 0 Å². The maximum absolute atomic E-state index is 12.0. The zero-order valence-corrected chi connectivity index (χ0v) is 14.5. The summed E-state index contributed by atoms with van der Waals surface area (Å²) in [7, 11) is 0. The van der Waals surface area contributed by atoms with E-state index in [-0.39, 0.29) is 5.95 Å². The van der Waals surface area contributed by atoms with Crippen molar-refractivity contribution in [2.45, 2.75) is 13.8 Å². The Morgan fingerprint density at radius 1 is 0.962 bits per heavy atom. The van der Waals surface area contributed by atoms with E-state index in [0.29, 0.717) is 5.69 Å². The molecule has 130 valence electrons. The van der Waals surface area contributed by atoms with Gasteiger partial charge in [-0.05, 0) is 5.56 Å². The molecule has 3 rings (SSSR count). The summed E-state index contributed by atoms with van der Waals surface area (Å²) in [4.78, 5) is 29.4. The Bertz CT molecular complexity index is 932. The van der Waals surface area contributed by atoms with E-state index in [9.17, 15) is 9.59 Å². The molecule has 2 amide bonds. The number of hydrogen-bond donors (Lipinski definition) is 0. The first-order valence-electron chi connectivity index (χ1n) is 8.12. The topological polar surface area (TPSA) is 67.6 Å². The number of amides is 2. The van der Waals surface area contributed by atoms with Crippen LogP contribution in [0.15, 0.2) is 72.0 Å². The molecule has 0 unspecified atom stereocenters. The van der Waals surface area contributed by atoms with Crippen LogP contribution in [-0.4, -0.2) is 27.7 Å². The SMILES string of the molecule is CC(=O)N(C(C)=O)c1nc(-c2ccccc2)cn1/N=C\c1ccccc1. The normalized spacial score (nSPS) is 10.8. The first-order valence-corrected chi connectivity index (χ1v) is 8.12. The summed E-state index contributed by atoms with van der Waals surface area (Å²) in [5, 5.41) is 4.39. The molecule has 1 heterocycles. The lowest BCUT2D eigenvalue weighted by Gasteiger charge is -2.15. The molecule has 0 aliphatic heterocycles. The van der Waals surface area contributed by atoms with Gasteiger partial charge in [-0.1, -0.05) is 60.7 Å². The Balaban J connectivity index is 2.08. The van der Waals surface area contributed by atoms with Crippen molar-refractivity contribution in [3.63, 3.8) is 0 Å².